The molecule has 142 valence electrons. The number of aliphatic carboxylic acids is 1. The number of hydrogen-bond donors (Lipinski definition) is 2. The van der Waals surface area contributed by atoms with Gasteiger partial charge in [0.15, 0.2) is 6.61 Å². The van der Waals surface area contributed by atoms with Crippen LogP contribution < -0.4 is 10.1 Å². The fraction of sp³-hybridized carbons (Fsp3) is 0.316. The molecule has 3 rings (SSSR count). The summed E-state index contributed by atoms with van der Waals surface area (Å²) in [5.74, 6) is -0.929. The van der Waals surface area contributed by atoms with E-state index in [0.717, 1.165) is 0 Å². The highest BCUT2D eigenvalue weighted by atomic mass is 32.1. The molecule has 1 aliphatic heterocycles. The third kappa shape index (κ3) is 5.07. The van der Waals surface area contributed by atoms with Gasteiger partial charge >= 0.3 is 5.97 Å². The molecule has 0 bridgehead atoms. The molecule has 0 saturated carbocycles. The highest BCUT2D eigenvalue weighted by molar-refractivity contribution is 7.08. The Kier molecular flexibility index (Phi) is 6.08. The van der Waals surface area contributed by atoms with Gasteiger partial charge in [-0.25, -0.2) is 4.79 Å². The predicted octanol–water partition coefficient (Wildman–Crippen LogP) is 2.25. The molecule has 2 amide bonds. The lowest BCUT2D eigenvalue weighted by Crippen LogP contribution is -2.46. The van der Waals surface area contributed by atoms with Gasteiger partial charge in [-0.15, -0.1) is 0 Å². The minimum absolute atomic E-state index is 0.0479. The number of nitrogens with one attached hydrogen (secondary N) is 1. The number of carbonyl (C=O) groups is 3. The van der Waals surface area contributed by atoms with Gasteiger partial charge in [0, 0.05) is 35.6 Å². The molecule has 1 aromatic carbocycles. The highest BCUT2D eigenvalue weighted by Gasteiger charge is 2.25. The van der Waals surface area contributed by atoms with Gasteiger partial charge in [0.1, 0.15) is 5.75 Å². The van der Waals surface area contributed by atoms with E-state index in [2.05, 4.69) is 5.32 Å². The molecular formula is C19H20N2O5S. The van der Waals surface area contributed by atoms with Crippen LogP contribution in [-0.2, 0) is 4.79 Å². The number of carbonyl (C=O) groups excluding carboxylic acids is 2. The minimum Gasteiger partial charge on any atom is -0.482 e. The molecule has 27 heavy (non-hydrogen) atoms. The summed E-state index contributed by atoms with van der Waals surface area (Å²) < 4.78 is 5.12. The van der Waals surface area contributed by atoms with Crippen molar-refractivity contribution in [3.8, 4) is 5.75 Å². The van der Waals surface area contributed by atoms with E-state index < -0.39 is 12.6 Å². The predicted molar refractivity (Wildman–Crippen MR) is 100 cm³/mol. The van der Waals surface area contributed by atoms with Crippen molar-refractivity contribution in [2.75, 3.05) is 19.7 Å². The summed E-state index contributed by atoms with van der Waals surface area (Å²) in [7, 11) is 0. The molecule has 1 saturated heterocycles. The maximum Gasteiger partial charge on any atom is 0.341 e. The third-order valence-corrected chi connectivity index (χ3v) is 5.03. The first-order valence-electron chi connectivity index (χ1n) is 8.60. The monoisotopic (exact) mass is 388 g/mol. The Bertz CT molecular complexity index is 813. The highest BCUT2D eigenvalue weighted by Crippen LogP contribution is 2.18. The molecule has 0 unspecified atom stereocenters. The normalized spacial score (nSPS) is 14.6. The van der Waals surface area contributed by atoms with Crippen LogP contribution in [0.4, 0.5) is 0 Å². The fourth-order valence-corrected chi connectivity index (χ4v) is 3.57. The van der Waals surface area contributed by atoms with Gasteiger partial charge in [-0.3, -0.25) is 9.59 Å². The second kappa shape index (κ2) is 8.68. The van der Waals surface area contributed by atoms with Crippen molar-refractivity contribution >= 4 is 29.1 Å². The van der Waals surface area contributed by atoms with E-state index in [-0.39, 0.29) is 17.9 Å². The second-order valence-electron chi connectivity index (χ2n) is 6.26. The molecule has 7 nitrogen and oxygen atoms in total. The van der Waals surface area contributed by atoms with Crippen molar-refractivity contribution in [2.45, 2.75) is 18.9 Å². The summed E-state index contributed by atoms with van der Waals surface area (Å²) in [6.07, 6.45) is 1.38. The number of amides is 2. The molecule has 0 spiro atoms. The Hall–Kier alpha value is -2.87. The molecule has 2 heterocycles. The maximum absolute atomic E-state index is 12.7. The number of likely N-dealkylation sites (tertiary alicyclic amines) is 1. The first-order chi connectivity index (χ1) is 13.0. The lowest BCUT2D eigenvalue weighted by molar-refractivity contribution is -0.139. The smallest absolute Gasteiger partial charge is 0.341 e. The van der Waals surface area contributed by atoms with Crippen LogP contribution in [0.25, 0.3) is 0 Å². The first kappa shape index (κ1) is 18.9. The van der Waals surface area contributed by atoms with Gasteiger partial charge < -0.3 is 20.1 Å². The number of benzene rings is 1. The molecular weight excluding hydrogens is 368 g/mol. The largest absolute Gasteiger partial charge is 0.482 e. The molecule has 0 aliphatic carbocycles. The topological polar surface area (TPSA) is 95.9 Å². The van der Waals surface area contributed by atoms with Gasteiger partial charge in [0.2, 0.25) is 0 Å². The zero-order valence-electron chi connectivity index (χ0n) is 14.6. The van der Waals surface area contributed by atoms with E-state index in [9.17, 15) is 14.4 Å². The Morgan fingerprint density at radius 1 is 1.19 bits per heavy atom. The Labute approximate surface area is 160 Å². The first-order valence-corrected chi connectivity index (χ1v) is 9.54. The quantitative estimate of drug-likeness (QED) is 0.791. The van der Waals surface area contributed by atoms with Gasteiger partial charge in [-0.1, -0.05) is 6.07 Å². The van der Waals surface area contributed by atoms with Crippen LogP contribution in [0.3, 0.4) is 0 Å². The van der Waals surface area contributed by atoms with Gasteiger partial charge in [0.25, 0.3) is 11.8 Å². The van der Waals surface area contributed by atoms with Crippen LogP contribution in [-0.4, -0.2) is 53.5 Å². The Morgan fingerprint density at radius 2 is 1.96 bits per heavy atom. The van der Waals surface area contributed by atoms with Crippen LogP contribution in [0, 0.1) is 0 Å². The number of ether oxygens (including phenoxy) is 1. The number of rotatable bonds is 6. The third-order valence-electron chi connectivity index (χ3n) is 4.34. The number of thiophene rings is 1. The fourth-order valence-electron chi connectivity index (χ4n) is 2.94. The van der Waals surface area contributed by atoms with Crippen molar-refractivity contribution in [1.29, 1.82) is 0 Å². The van der Waals surface area contributed by atoms with Crippen LogP contribution in [0.5, 0.6) is 5.75 Å². The molecule has 2 N–H and O–H groups in total. The number of nitrogens with zero attached hydrogens (tertiary/aromatic N) is 1. The molecule has 1 fully saturated rings. The van der Waals surface area contributed by atoms with Crippen LogP contribution in [0.1, 0.15) is 33.6 Å². The number of piperidine rings is 1. The summed E-state index contributed by atoms with van der Waals surface area (Å²) in [4.78, 5) is 37.1. The van der Waals surface area contributed by atoms with Gasteiger partial charge in [-0.05, 0) is 42.5 Å². The van der Waals surface area contributed by atoms with E-state index in [1.54, 1.807) is 35.2 Å². The standard InChI is InChI=1S/C19H20N2O5S/c22-17(23)11-26-16-3-1-2-13(10-16)19(25)21-7-4-15(5-8-21)20-18(24)14-6-9-27-12-14/h1-3,6,9-10,12,15H,4-5,7-8,11H2,(H,20,24)(H,22,23). The average molecular weight is 388 g/mol. The van der Waals surface area contributed by atoms with Crippen molar-refractivity contribution in [3.63, 3.8) is 0 Å². The number of carboxylic acids is 1. The molecule has 0 radical (unpaired) electrons. The van der Waals surface area contributed by atoms with Crippen molar-refractivity contribution < 1.29 is 24.2 Å². The van der Waals surface area contributed by atoms with Crippen molar-refractivity contribution in [2.24, 2.45) is 0 Å². The molecule has 1 aromatic heterocycles. The van der Waals surface area contributed by atoms with E-state index >= 15 is 0 Å². The lowest BCUT2D eigenvalue weighted by atomic mass is 10.0. The maximum atomic E-state index is 12.7. The van der Waals surface area contributed by atoms with E-state index in [4.69, 9.17) is 9.84 Å². The van der Waals surface area contributed by atoms with E-state index in [1.165, 1.54) is 11.3 Å². The average Bonchev–Trinajstić information content (AvgIpc) is 3.22. The van der Waals surface area contributed by atoms with Crippen molar-refractivity contribution in [1.82, 2.24) is 10.2 Å². The summed E-state index contributed by atoms with van der Waals surface area (Å²) in [6.45, 7) is 0.647. The SMILES string of the molecule is O=C(O)COc1cccc(C(=O)N2CCC(NC(=O)c3ccsc3)CC2)c1. The Morgan fingerprint density at radius 3 is 2.63 bits per heavy atom. The minimum atomic E-state index is -1.07. The molecule has 1 aliphatic rings. The van der Waals surface area contributed by atoms with E-state index in [0.29, 0.717) is 42.8 Å². The Balaban J connectivity index is 1.53. The summed E-state index contributed by atoms with van der Waals surface area (Å²) in [5.41, 5.74) is 1.12. The lowest BCUT2D eigenvalue weighted by Gasteiger charge is -2.32. The summed E-state index contributed by atoms with van der Waals surface area (Å²) in [6, 6.07) is 8.35. The van der Waals surface area contributed by atoms with Crippen LogP contribution in [0.15, 0.2) is 41.1 Å². The molecule has 8 heteroatoms. The number of carboxylic acid groups (broad SMARTS) is 1. The summed E-state index contributed by atoms with van der Waals surface area (Å²) in [5, 5.41) is 15.4. The molecule has 2 aromatic rings. The van der Waals surface area contributed by atoms with E-state index in [1.807, 2.05) is 10.8 Å². The zero-order valence-corrected chi connectivity index (χ0v) is 15.4. The number of hydrogen-bond acceptors (Lipinski definition) is 5. The van der Waals surface area contributed by atoms with Gasteiger partial charge in [-0.2, -0.15) is 11.3 Å². The van der Waals surface area contributed by atoms with Crippen LogP contribution in [0.2, 0.25) is 0 Å². The second-order valence-corrected chi connectivity index (χ2v) is 7.04. The zero-order chi connectivity index (χ0) is 19.2. The molecule has 0 atom stereocenters. The summed E-state index contributed by atoms with van der Waals surface area (Å²) >= 11 is 1.48. The van der Waals surface area contributed by atoms with Gasteiger partial charge in [0.05, 0.1) is 0 Å². The van der Waals surface area contributed by atoms with Crippen LogP contribution >= 0.6 is 11.3 Å². The van der Waals surface area contributed by atoms with Crippen molar-refractivity contribution in [3.05, 3.63) is 52.2 Å².